The van der Waals surface area contributed by atoms with E-state index in [9.17, 15) is 9.59 Å². The van der Waals surface area contributed by atoms with Crippen LogP contribution in [0.25, 0.3) is 6.08 Å². The van der Waals surface area contributed by atoms with Crippen LogP contribution in [0.3, 0.4) is 0 Å². The molecule has 25 heavy (non-hydrogen) atoms. The molecule has 130 valence electrons. The SMILES string of the molecule is Cc1c(Cl)cccc1NC(=O)COC(=O)/C=C/c1ccc(Cl)c(Cl)c1. The molecule has 0 aliphatic heterocycles. The summed E-state index contributed by atoms with van der Waals surface area (Å²) in [4.78, 5) is 23.5. The maximum absolute atomic E-state index is 11.8. The molecule has 2 aromatic carbocycles. The topological polar surface area (TPSA) is 55.4 Å². The van der Waals surface area contributed by atoms with Crippen LogP contribution in [0.4, 0.5) is 5.69 Å². The van der Waals surface area contributed by atoms with E-state index >= 15 is 0 Å². The number of hydrogen-bond acceptors (Lipinski definition) is 3. The van der Waals surface area contributed by atoms with Crippen molar-refractivity contribution in [1.82, 2.24) is 0 Å². The second-order valence-corrected chi connectivity index (χ2v) is 6.30. The van der Waals surface area contributed by atoms with Crippen molar-refractivity contribution >= 4 is 58.4 Å². The van der Waals surface area contributed by atoms with Crippen molar-refractivity contribution in [3.63, 3.8) is 0 Å². The molecule has 1 amide bonds. The van der Waals surface area contributed by atoms with Gasteiger partial charge >= 0.3 is 5.97 Å². The first-order chi connectivity index (χ1) is 11.9. The predicted molar refractivity (Wildman–Crippen MR) is 101 cm³/mol. The van der Waals surface area contributed by atoms with Gasteiger partial charge in [-0.3, -0.25) is 4.79 Å². The number of nitrogens with one attached hydrogen (secondary N) is 1. The van der Waals surface area contributed by atoms with E-state index < -0.39 is 18.5 Å². The van der Waals surface area contributed by atoms with Crippen LogP contribution < -0.4 is 5.32 Å². The van der Waals surface area contributed by atoms with Gasteiger partial charge in [0.15, 0.2) is 6.61 Å². The molecule has 2 rings (SSSR count). The molecule has 1 N–H and O–H groups in total. The van der Waals surface area contributed by atoms with Crippen LogP contribution >= 0.6 is 34.8 Å². The number of benzene rings is 2. The normalized spacial score (nSPS) is 10.7. The molecule has 0 radical (unpaired) electrons. The molecule has 0 unspecified atom stereocenters. The van der Waals surface area contributed by atoms with Crippen LogP contribution in [-0.4, -0.2) is 18.5 Å². The van der Waals surface area contributed by atoms with E-state index in [2.05, 4.69) is 5.32 Å². The molecule has 0 saturated heterocycles. The van der Waals surface area contributed by atoms with Crippen LogP contribution in [0.5, 0.6) is 0 Å². The molecule has 4 nitrogen and oxygen atoms in total. The predicted octanol–water partition coefficient (Wildman–Crippen LogP) is 5.15. The third-order valence-electron chi connectivity index (χ3n) is 3.24. The van der Waals surface area contributed by atoms with Crippen LogP contribution in [-0.2, 0) is 14.3 Å². The lowest BCUT2D eigenvalue weighted by Crippen LogP contribution is -2.20. The molecule has 2 aromatic rings. The molecule has 0 aromatic heterocycles. The van der Waals surface area contributed by atoms with Crippen molar-refractivity contribution in [3.8, 4) is 0 Å². The molecular weight excluding hydrogens is 385 g/mol. The first-order valence-corrected chi connectivity index (χ1v) is 8.35. The summed E-state index contributed by atoms with van der Waals surface area (Å²) in [5.74, 6) is -1.11. The summed E-state index contributed by atoms with van der Waals surface area (Å²) in [6.45, 7) is 1.38. The zero-order valence-corrected chi connectivity index (χ0v) is 15.5. The Hall–Kier alpha value is -2.01. The maximum atomic E-state index is 11.8. The zero-order valence-electron chi connectivity index (χ0n) is 13.2. The Kier molecular flexibility index (Phi) is 6.88. The smallest absolute Gasteiger partial charge is 0.331 e. The summed E-state index contributed by atoms with van der Waals surface area (Å²) < 4.78 is 4.89. The van der Waals surface area contributed by atoms with Crippen molar-refractivity contribution in [2.24, 2.45) is 0 Å². The molecular formula is C18H14Cl3NO3. The summed E-state index contributed by atoms with van der Waals surface area (Å²) >= 11 is 17.7. The number of carbonyl (C=O) groups excluding carboxylic acids is 2. The fourth-order valence-corrected chi connectivity index (χ4v) is 2.38. The van der Waals surface area contributed by atoms with Gasteiger partial charge < -0.3 is 10.1 Å². The highest BCUT2D eigenvalue weighted by Gasteiger charge is 2.08. The van der Waals surface area contributed by atoms with Crippen molar-refractivity contribution in [2.45, 2.75) is 6.92 Å². The number of hydrogen-bond donors (Lipinski definition) is 1. The number of rotatable bonds is 5. The molecule has 7 heteroatoms. The highest BCUT2D eigenvalue weighted by atomic mass is 35.5. The quantitative estimate of drug-likeness (QED) is 0.560. The van der Waals surface area contributed by atoms with E-state index in [0.29, 0.717) is 26.3 Å². The second-order valence-electron chi connectivity index (χ2n) is 5.08. The average molecular weight is 399 g/mol. The highest BCUT2D eigenvalue weighted by Crippen LogP contribution is 2.23. The molecule has 0 aliphatic rings. The minimum Gasteiger partial charge on any atom is -0.452 e. The van der Waals surface area contributed by atoms with Crippen molar-refractivity contribution < 1.29 is 14.3 Å². The van der Waals surface area contributed by atoms with E-state index in [0.717, 1.165) is 5.56 Å². The van der Waals surface area contributed by atoms with Gasteiger partial charge in [-0.05, 0) is 48.4 Å². The number of anilines is 1. The van der Waals surface area contributed by atoms with E-state index in [4.69, 9.17) is 39.5 Å². The average Bonchev–Trinajstić information content (AvgIpc) is 2.58. The van der Waals surface area contributed by atoms with Crippen LogP contribution in [0.15, 0.2) is 42.5 Å². The van der Waals surface area contributed by atoms with Crippen molar-refractivity contribution in [2.75, 3.05) is 11.9 Å². The minimum absolute atomic E-state index is 0.383. The molecule has 0 fully saturated rings. The van der Waals surface area contributed by atoms with Gasteiger partial charge in [-0.15, -0.1) is 0 Å². The van der Waals surface area contributed by atoms with E-state index in [1.54, 1.807) is 43.3 Å². The van der Waals surface area contributed by atoms with Crippen LogP contribution in [0.2, 0.25) is 15.1 Å². The van der Waals surface area contributed by atoms with Gasteiger partial charge in [0.05, 0.1) is 10.0 Å². The lowest BCUT2D eigenvalue weighted by Gasteiger charge is -2.09. The van der Waals surface area contributed by atoms with Gasteiger partial charge in [-0.25, -0.2) is 4.79 Å². The Morgan fingerprint density at radius 2 is 1.84 bits per heavy atom. The van der Waals surface area contributed by atoms with Gasteiger partial charge in [-0.2, -0.15) is 0 Å². The largest absolute Gasteiger partial charge is 0.452 e. The van der Waals surface area contributed by atoms with E-state index in [1.807, 2.05) is 0 Å². The number of halogens is 3. The third-order valence-corrected chi connectivity index (χ3v) is 4.39. The number of ether oxygens (including phenoxy) is 1. The number of esters is 1. The van der Waals surface area contributed by atoms with E-state index in [-0.39, 0.29) is 0 Å². The van der Waals surface area contributed by atoms with Gasteiger partial charge in [0.25, 0.3) is 5.91 Å². The second kappa shape index (κ2) is 8.90. The highest BCUT2D eigenvalue weighted by molar-refractivity contribution is 6.42. The lowest BCUT2D eigenvalue weighted by atomic mass is 10.2. The first kappa shape index (κ1) is 19.3. The Labute approximate surface area is 160 Å². The van der Waals surface area contributed by atoms with Crippen molar-refractivity contribution in [3.05, 3.63) is 68.7 Å². The zero-order chi connectivity index (χ0) is 18.4. The summed E-state index contributed by atoms with van der Waals surface area (Å²) in [5.41, 5.74) is 1.99. The Bertz CT molecular complexity index is 834. The molecule has 0 spiro atoms. The maximum Gasteiger partial charge on any atom is 0.331 e. The summed E-state index contributed by atoms with van der Waals surface area (Å²) in [6, 6.07) is 10.1. The Balaban J connectivity index is 1.86. The van der Waals surface area contributed by atoms with Gasteiger partial charge in [0.2, 0.25) is 0 Å². The van der Waals surface area contributed by atoms with Crippen molar-refractivity contribution in [1.29, 1.82) is 0 Å². The van der Waals surface area contributed by atoms with Gasteiger partial charge in [0, 0.05) is 16.8 Å². The lowest BCUT2D eigenvalue weighted by molar-refractivity contribution is -0.142. The monoisotopic (exact) mass is 397 g/mol. The van der Waals surface area contributed by atoms with Crippen LogP contribution in [0.1, 0.15) is 11.1 Å². The minimum atomic E-state index is -0.649. The third kappa shape index (κ3) is 5.78. The fourth-order valence-electron chi connectivity index (χ4n) is 1.89. The fraction of sp³-hybridized carbons (Fsp3) is 0.111. The molecule has 0 atom stereocenters. The summed E-state index contributed by atoms with van der Waals surface area (Å²) in [7, 11) is 0. The van der Waals surface area contributed by atoms with Gasteiger partial charge in [0.1, 0.15) is 0 Å². The Morgan fingerprint density at radius 1 is 1.08 bits per heavy atom. The summed E-state index contributed by atoms with van der Waals surface area (Å²) in [5, 5.41) is 3.99. The Morgan fingerprint density at radius 3 is 2.56 bits per heavy atom. The standard InChI is InChI=1S/C18H14Cl3NO3/c1-11-13(19)3-2-4-16(11)22-17(23)10-25-18(24)8-6-12-5-7-14(20)15(21)9-12/h2-9H,10H2,1H3,(H,22,23)/b8-6+. The first-order valence-electron chi connectivity index (χ1n) is 7.21. The number of carbonyl (C=O) groups is 2. The van der Waals surface area contributed by atoms with Gasteiger partial charge in [-0.1, -0.05) is 46.9 Å². The molecule has 0 aliphatic carbocycles. The van der Waals surface area contributed by atoms with E-state index in [1.165, 1.54) is 12.2 Å². The molecule has 0 bridgehead atoms. The summed E-state index contributed by atoms with van der Waals surface area (Å²) in [6.07, 6.45) is 2.72. The molecule has 0 saturated carbocycles. The van der Waals surface area contributed by atoms with Crippen LogP contribution in [0, 0.1) is 6.92 Å². The number of amides is 1. The molecule has 0 heterocycles.